The molecule has 1 heterocycles. The molecule has 106 valence electrons. The Bertz CT molecular complexity index is 407. The number of halogens is 1. The van der Waals surface area contributed by atoms with Gasteiger partial charge in [0.15, 0.2) is 0 Å². The van der Waals surface area contributed by atoms with Gasteiger partial charge < -0.3 is 10.6 Å². The van der Waals surface area contributed by atoms with Crippen LogP contribution in [-0.2, 0) is 0 Å². The number of benzene rings is 1. The zero-order chi connectivity index (χ0) is 13.8. The van der Waals surface area contributed by atoms with Crippen molar-refractivity contribution in [3.05, 3.63) is 35.6 Å². The summed E-state index contributed by atoms with van der Waals surface area (Å²) in [4.78, 5) is 2.47. The van der Waals surface area contributed by atoms with Crippen LogP contribution in [0.3, 0.4) is 0 Å². The predicted molar refractivity (Wildman–Crippen MR) is 77.3 cm³/mol. The minimum atomic E-state index is -0.224. The fourth-order valence-corrected chi connectivity index (χ4v) is 3.03. The van der Waals surface area contributed by atoms with Crippen molar-refractivity contribution in [3.63, 3.8) is 0 Å². The second-order valence-corrected chi connectivity index (χ2v) is 6.03. The maximum atomic E-state index is 13.7. The van der Waals surface area contributed by atoms with Gasteiger partial charge in [0.2, 0.25) is 0 Å². The van der Waals surface area contributed by atoms with E-state index in [4.69, 9.17) is 5.73 Å². The first-order valence-corrected chi connectivity index (χ1v) is 7.30. The van der Waals surface area contributed by atoms with Crippen molar-refractivity contribution in [1.29, 1.82) is 0 Å². The molecule has 0 spiro atoms. The van der Waals surface area contributed by atoms with Crippen molar-refractivity contribution in [2.45, 2.75) is 32.7 Å². The molecular formula is C16H25FN2. The third-order valence-electron chi connectivity index (χ3n) is 4.16. The van der Waals surface area contributed by atoms with Crippen LogP contribution < -0.4 is 5.73 Å². The molecule has 1 aliphatic rings. The van der Waals surface area contributed by atoms with Gasteiger partial charge >= 0.3 is 0 Å². The molecule has 3 atom stereocenters. The molecule has 19 heavy (non-hydrogen) atoms. The highest BCUT2D eigenvalue weighted by molar-refractivity contribution is 5.21. The summed E-state index contributed by atoms with van der Waals surface area (Å²) in [5.41, 5.74) is 6.86. The van der Waals surface area contributed by atoms with Gasteiger partial charge in [0.05, 0.1) is 0 Å². The average molecular weight is 264 g/mol. The van der Waals surface area contributed by atoms with Crippen LogP contribution in [-0.4, -0.2) is 24.5 Å². The maximum Gasteiger partial charge on any atom is 0.127 e. The lowest BCUT2D eigenvalue weighted by molar-refractivity contribution is 0.154. The van der Waals surface area contributed by atoms with Gasteiger partial charge in [-0.25, -0.2) is 4.39 Å². The largest absolute Gasteiger partial charge is 0.324 e. The van der Waals surface area contributed by atoms with Gasteiger partial charge in [0, 0.05) is 24.7 Å². The van der Waals surface area contributed by atoms with Crippen molar-refractivity contribution in [2.75, 3.05) is 19.6 Å². The van der Waals surface area contributed by atoms with Gasteiger partial charge in [-0.15, -0.1) is 0 Å². The smallest absolute Gasteiger partial charge is 0.127 e. The van der Waals surface area contributed by atoms with Crippen LogP contribution in [0.15, 0.2) is 24.3 Å². The molecule has 3 heteroatoms. The number of hydrogen-bond acceptors (Lipinski definition) is 2. The van der Waals surface area contributed by atoms with E-state index in [-0.39, 0.29) is 17.8 Å². The normalized spacial score (nSPS) is 24.1. The Kier molecular flexibility index (Phi) is 4.94. The van der Waals surface area contributed by atoms with Crippen LogP contribution >= 0.6 is 0 Å². The Hall–Kier alpha value is -0.930. The third-order valence-corrected chi connectivity index (χ3v) is 4.16. The fourth-order valence-electron chi connectivity index (χ4n) is 3.03. The minimum Gasteiger partial charge on any atom is -0.324 e. The van der Waals surface area contributed by atoms with Crippen molar-refractivity contribution >= 4 is 0 Å². The molecule has 2 N–H and O–H groups in total. The van der Waals surface area contributed by atoms with Crippen LogP contribution in [0, 0.1) is 17.7 Å². The van der Waals surface area contributed by atoms with Crippen molar-refractivity contribution in [1.82, 2.24) is 4.90 Å². The van der Waals surface area contributed by atoms with E-state index in [1.54, 1.807) is 12.1 Å². The molecule has 2 rings (SSSR count). The standard InChI is InChI=1S/C16H25FN2/c1-12-6-5-9-19(10-12)11-13(2)16(18)14-7-3-4-8-15(14)17/h3-4,7-8,12-13,16H,5-6,9-11,18H2,1-2H3. The van der Waals surface area contributed by atoms with Crippen LogP contribution in [0.5, 0.6) is 0 Å². The number of likely N-dealkylation sites (tertiary alicyclic amines) is 1. The van der Waals surface area contributed by atoms with Gasteiger partial charge in [-0.05, 0) is 37.3 Å². The van der Waals surface area contributed by atoms with Crippen LogP contribution in [0.25, 0.3) is 0 Å². The summed E-state index contributed by atoms with van der Waals surface area (Å²) in [5.74, 6) is 0.849. The zero-order valence-electron chi connectivity index (χ0n) is 12.0. The minimum absolute atomic E-state index is 0.186. The van der Waals surface area contributed by atoms with E-state index < -0.39 is 0 Å². The highest BCUT2D eigenvalue weighted by Crippen LogP contribution is 2.24. The Balaban J connectivity index is 1.95. The Morgan fingerprint density at radius 3 is 2.84 bits per heavy atom. The predicted octanol–water partition coefficient (Wildman–Crippen LogP) is 3.19. The number of piperidine rings is 1. The first kappa shape index (κ1) is 14.5. The summed E-state index contributed by atoms with van der Waals surface area (Å²) in [6, 6.07) is 6.63. The fraction of sp³-hybridized carbons (Fsp3) is 0.625. The van der Waals surface area contributed by atoms with E-state index in [0.29, 0.717) is 5.56 Å². The molecule has 1 fully saturated rings. The second kappa shape index (κ2) is 6.49. The summed E-state index contributed by atoms with van der Waals surface area (Å²) >= 11 is 0. The number of rotatable bonds is 4. The topological polar surface area (TPSA) is 29.3 Å². The summed E-state index contributed by atoms with van der Waals surface area (Å²) in [6.45, 7) is 7.68. The molecule has 0 radical (unpaired) electrons. The van der Waals surface area contributed by atoms with E-state index in [9.17, 15) is 4.39 Å². The highest BCUT2D eigenvalue weighted by atomic mass is 19.1. The molecule has 1 aromatic carbocycles. The number of hydrogen-bond donors (Lipinski definition) is 1. The monoisotopic (exact) mass is 264 g/mol. The van der Waals surface area contributed by atoms with Crippen molar-refractivity contribution in [2.24, 2.45) is 17.6 Å². The average Bonchev–Trinajstić information content (AvgIpc) is 2.38. The molecule has 0 bridgehead atoms. The lowest BCUT2D eigenvalue weighted by atomic mass is 9.92. The van der Waals surface area contributed by atoms with Gasteiger partial charge in [-0.3, -0.25) is 0 Å². The Morgan fingerprint density at radius 2 is 2.16 bits per heavy atom. The van der Waals surface area contributed by atoms with Crippen LogP contribution in [0.1, 0.15) is 38.3 Å². The molecule has 0 aromatic heterocycles. The first-order chi connectivity index (χ1) is 9.08. The van der Waals surface area contributed by atoms with E-state index in [1.807, 2.05) is 6.07 Å². The summed E-state index contributed by atoms with van der Waals surface area (Å²) in [6.07, 6.45) is 2.59. The SMILES string of the molecule is CC1CCCN(CC(C)C(N)c2ccccc2F)C1. The zero-order valence-corrected chi connectivity index (χ0v) is 12.0. The van der Waals surface area contributed by atoms with Crippen molar-refractivity contribution in [3.8, 4) is 0 Å². The van der Waals surface area contributed by atoms with Gasteiger partial charge in [-0.1, -0.05) is 32.0 Å². The van der Waals surface area contributed by atoms with E-state index in [1.165, 1.54) is 18.9 Å². The lowest BCUT2D eigenvalue weighted by Crippen LogP contribution is -2.39. The molecule has 0 amide bonds. The molecule has 1 aromatic rings. The molecule has 1 saturated heterocycles. The summed E-state index contributed by atoms with van der Waals surface area (Å²) in [7, 11) is 0. The summed E-state index contributed by atoms with van der Waals surface area (Å²) in [5, 5.41) is 0. The van der Waals surface area contributed by atoms with Gasteiger partial charge in [-0.2, -0.15) is 0 Å². The second-order valence-electron chi connectivity index (χ2n) is 6.03. The number of nitrogens with zero attached hydrogens (tertiary/aromatic N) is 1. The maximum absolute atomic E-state index is 13.7. The van der Waals surface area contributed by atoms with E-state index >= 15 is 0 Å². The quantitative estimate of drug-likeness (QED) is 0.905. The summed E-state index contributed by atoms with van der Waals surface area (Å²) < 4.78 is 13.7. The van der Waals surface area contributed by atoms with Crippen LogP contribution in [0.2, 0.25) is 0 Å². The van der Waals surface area contributed by atoms with E-state index in [0.717, 1.165) is 25.6 Å². The first-order valence-electron chi connectivity index (χ1n) is 7.30. The Morgan fingerprint density at radius 1 is 1.42 bits per heavy atom. The molecule has 2 nitrogen and oxygen atoms in total. The molecule has 3 unspecified atom stereocenters. The van der Waals surface area contributed by atoms with Gasteiger partial charge in [0.1, 0.15) is 5.82 Å². The molecule has 0 saturated carbocycles. The Labute approximate surface area is 115 Å². The molecular weight excluding hydrogens is 239 g/mol. The van der Waals surface area contributed by atoms with Crippen LogP contribution in [0.4, 0.5) is 4.39 Å². The third kappa shape index (κ3) is 3.77. The van der Waals surface area contributed by atoms with Gasteiger partial charge in [0.25, 0.3) is 0 Å². The highest BCUT2D eigenvalue weighted by Gasteiger charge is 2.23. The molecule has 0 aliphatic carbocycles. The number of nitrogens with two attached hydrogens (primary N) is 1. The lowest BCUT2D eigenvalue weighted by Gasteiger charge is -2.34. The van der Waals surface area contributed by atoms with Crippen molar-refractivity contribution < 1.29 is 4.39 Å². The van der Waals surface area contributed by atoms with E-state index in [2.05, 4.69) is 18.7 Å². The molecule has 1 aliphatic heterocycles.